The Kier molecular flexibility index (Phi) is 7.91. The Morgan fingerprint density at radius 3 is 2.44 bits per heavy atom. The van der Waals surface area contributed by atoms with E-state index in [2.05, 4.69) is 4.72 Å². The van der Waals surface area contributed by atoms with Crippen molar-refractivity contribution < 1.29 is 18.3 Å². The number of hydrogen-bond donors (Lipinski definition) is 2. The van der Waals surface area contributed by atoms with E-state index in [1.54, 1.807) is 0 Å². The van der Waals surface area contributed by atoms with Gasteiger partial charge in [-0.3, -0.25) is 0 Å². The van der Waals surface area contributed by atoms with E-state index in [1.165, 1.54) is 7.11 Å². The van der Waals surface area contributed by atoms with E-state index in [-0.39, 0.29) is 18.9 Å². The largest absolute Gasteiger partial charge is 0.391 e. The summed E-state index contributed by atoms with van der Waals surface area (Å²) in [5, 5.41) is 9.30. The first-order valence-electron chi connectivity index (χ1n) is 5.51. The van der Waals surface area contributed by atoms with Gasteiger partial charge in [-0.25, -0.2) is 13.1 Å². The monoisotopic (exact) mass is 253 g/mol. The van der Waals surface area contributed by atoms with Crippen molar-refractivity contribution in [2.75, 3.05) is 26.0 Å². The van der Waals surface area contributed by atoms with Crippen LogP contribution >= 0.6 is 0 Å². The average molecular weight is 253 g/mol. The number of hydrogen-bond acceptors (Lipinski definition) is 4. The second kappa shape index (κ2) is 8.00. The Morgan fingerprint density at radius 1 is 1.31 bits per heavy atom. The molecule has 2 N–H and O–H groups in total. The van der Waals surface area contributed by atoms with E-state index in [0.717, 1.165) is 0 Å². The van der Waals surface area contributed by atoms with E-state index in [9.17, 15) is 13.5 Å². The van der Waals surface area contributed by atoms with Crippen molar-refractivity contribution in [2.45, 2.75) is 32.8 Å². The number of aliphatic hydroxyl groups is 1. The lowest BCUT2D eigenvalue weighted by atomic mass is 10.2. The van der Waals surface area contributed by atoms with E-state index >= 15 is 0 Å². The highest BCUT2D eigenvalue weighted by Crippen LogP contribution is 2.02. The van der Waals surface area contributed by atoms with Crippen LogP contribution in [-0.4, -0.2) is 45.6 Å². The van der Waals surface area contributed by atoms with Gasteiger partial charge >= 0.3 is 0 Å². The SMILES string of the molecule is COCC(O)CCNS(=O)(=O)CCC(C)C. The predicted octanol–water partition coefficient (Wildman–Crippen LogP) is 0.349. The van der Waals surface area contributed by atoms with E-state index in [4.69, 9.17) is 4.74 Å². The van der Waals surface area contributed by atoms with Crippen molar-refractivity contribution in [3.8, 4) is 0 Å². The molecule has 0 bridgehead atoms. The maximum atomic E-state index is 11.5. The fourth-order valence-corrected chi connectivity index (χ4v) is 2.47. The lowest BCUT2D eigenvalue weighted by Gasteiger charge is -2.11. The molecule has 0 saturated carbocycles. The Bertz CT molecular complexity index is 264. The topological polar surface area (TPSA) is 75.6 Å². The van der Waals surface area contributed by atoms with Crippen molar-refractivity contribution in [1.82, 2.24) is 4.72 Å². The molecule has 98 valence electrons. The molecule has 0 spiro atoms. The maximum absolute atomic E-state index is 11.5. The minimum absolute atomic E-state index is 0.144. The normalized spacial score (nSPS) is 14.3. The van der Waals surface area contributed by atoms with Crippen LogP contribution in [0, 0.1) is 5.92 Å². The van der Waals surface area contributed by atoms with Crippen LogP contribution in [0.25, 0.3) is 0 Å². The van der Waals surface area contributed by atoms with Crippen molar-refractivity contribution in [3.05, 3.63) is 0 Å². The molecular weight excluding hydrogens is 230 g/mol. The molecule has 0 saturated heterocycles. The van der Waals surface area contributed by atoms with Gasteiger partial charge in [-0.05, 0) is 18.8 Å². The molecule has 0 radical (unpaired) electrons. The summed E-state index contributed by atoms with van der Waals surface area (Å²) < 4.78 is 30.1. The molecule has 0 fully saturated rings. The molecular formula is C10H23NO4S. The van der Waals surface area contributed by atoms with E-state index < -0.39 is 16.1 Å². The third kappa shape index (κ3) is 9.08. The third-order valence-corrected chi connectivity index (χ3v) is 3.54. The van der Waals surface area contributed by atoms with Crippen LogP contribution in [0.15, 0.2) is 0 Å². The second-order valence-corrected chi connectivity index (χ2v) is 6.22. The van der Waals surface area contributed by atoms with Gasteiger partial charge in [-0.2, -0.15) is 0 Å². The van der Waals surface area contributed by atoms with E-state index in [0.29, 0.717) is 18.8 Å². The average Bonchev–Trinajstić information content (AvgIpc) is 2.15. The molecule has 0 aromatic heterocycles. The minimum Gasteiger partial charge on any atom is -0.391 e. The molecule has 0 rings (SSSR count). The quantitative estimate of drug-likeness (QED) is 0.621. The van der Waals surface area contributed by atoms with Crippen LogP contribution in [0.3, 0.4) is 0 Å². The van der Waals surface area contributed by atoms with Crippen LogP contribution in [0.1, 0.15) is 26.7 Å². The molecule has 1 atom stereocenters. The highest BCUT2D eigenvalue weighted by Gasteiger charge is 2.11. The lowest BCUT2D eigenvalue weighted by Crippen LogP contribution is -2.30. The van der Waals surface area contributed by atoms with Crippen molar-refractivity contribution in [3.63, 3.8) is 0 Å². The number of methoxy groups -OCH3 is 1. The van der Waals surface area contributed by atoms with E-state index in [1.807, 2.05) is 13.8 Å². The summed E-state index contributed by atoms with van der Waals surface area (Å²) in [6.07, 6.45) is 0.405. The van der Waals surface area contributed by atoms with Crippen molar-refractivity contribution >= 4 is 10.0 Å². The molecule has 0 aromatic carbocycles. The van der Waals surface area contributed by atoms with Gasteiger partial charge in [0.05, 0.1) is 18.5 Å². The van der Waals surface area contributed by atoms with Gasteiger partial charge in [0.25, 0.3) is 0 Å². The molecule has 0 aliphatic heterocycles. The number of sulfonamides is 1. The highest BCUT2D eigenvalue weighted by atomic mass is 32.2. The van der Waals surface area contributed by atoms with Crippen molar-refractivity contribution in [1.29, 1.82) is 0 Å². The van der Waals surface area contributed by atoms with Gasteiger partial charge in [0.1, 0.15) is 0 Å². The molecule has 0 aromatic rings. The molecule has 1 unspecified atom stereocenters. The molecule has 0 amide bonds. The first-order valence-corrected chi connectivity index (χ1v) is 7.17. The number of rotatable bonds is 9. The fraction of sp³-hybridized carbons (Fsp3) is 1.00. The minimum atomic E-state index is -3.19. The maximum Gasteiger partial charge on any atom is 0.211 e. The fourth-order valence-electron chi connectivity index (χ4n) is 1.12. The van der Waals surface area contributed by atoms with Crippen LogP contribution in [0.5, 0.6) is 0 Å². The summed E-state index contributed by atoms with van der Waals surface area (Å²) in [6.45, 7) is 4.45. The van der Waals surface area contributed by atoms with Gasteiger partial charge in [-0.15, -0.1) is 0 Å². The molecule has 0 aliphatic rings. The van der Waals surface area contributed by atoms with Gasteiger partial charge in [0, 0.05) is 13.7 Å². The molecule has 0 heterocycles. The van der Waals surface area contributed by atoms with Gasteiger partial charge in [0.2, 0.25) is 10.0 Å². The molecule has 0 aliphatic carbocycles. The summed E-state index contributed by atoms with van der Waals surface area (Å²) in [6, 6.07) is 0. The number of aliphatic hydroxyl groups excluding tert-OH is 1. The van der Waals surface area contributed by atoms with Gasteiger partial charge in [-0.1, -0.05) is 13.8 Å². The summed E-state index contributed by atoms with van der Waals surface area (Å²) in [5.41, 5.74) is 0. The zero-order valence-corrected chi connectivity index (χ0v) is 11.1. The summed E-state index contributed by atoms with van der Waals surface area (Å²) in [5.74, 6) is 0.515. The van der Waals surface area contributed by atoms with Crippen LogP contribution in [0.2, 0.25) is 0 Å². The Morgan fingerprint density at radius 2 is 1.94 bits per heavy atom. The molecule has 16 heavy (non-hydrogen) atoms. The summed E-state index contributed by atoms with van der Waals surface area (Å²) >= 11 is 0. The second-order valence-electron chi connectivity index (χ2n) is 4.29. The van der Waals surface area contributed by atoms with Crippen LogP contribution < -0.4 is 4.72 Å². The predicted molar refractivity (Wildman–Crippen MR) is 63.7 cm³/mol. The van der Waals surface area contributed by atoms with Crippen molar-refractivity contribution in [2.24, 2.45) is 5.92 Å². The summed E-state index contributed by atoms with van der Waals surface area (Å²) in [4.78, 5) is 0. The Balaban J connectivity index is 3.74. The zero-order chi connectivity index (χ0) is 12.6. The third-order valence-electron chi connectivity index (χ3n) is 2.12. The number of nitrogens with one attached hydrogen (secondary N) is 1. The first kappa shape index (κ1) is 15.8. The lowest BCUT2D eigenvalue weighted by molar-refractivity contribution is 0.0603. The smallest absolute Gasteiger partial charge is 0.211 e. The van der Waals surface area contributed by atoms with Crippen LogP contribution in [0.4, 0.5) is 0 Å². The Labute approximate surface area is 98.2 Å². The van der Waals surface area contributed by atoms with Gasteiger partial charge < -0.3 is 9.84 Å². The highest BCUT2D eigenvalue weighted by molar-refractivity contribution is 7.89. The number of ether oxygens (including phenoxy) is 1. The van der Waals surface area contributed by atoms with Crippen LogP contribution in [-0.2, 0) is 14.8 Å². The molecule has 5 nitrogen and oxygen atoms in total. The van der Waals surface area contributed by atoms with Gasteiger partial charge in [0.15, 0.2) is 0 Å². The molecule has 6 heteroatoms. The standard InChI is InChI=1S/C10H23NO4S/c1-9(2)5-7-16(13,14)11-6-4-10(12)8-15-3/h9-12H,4-8H2,1-3H3. The zero-order valence-electron chi connectivity index (χ0n) is 10.3. The first-order chi connectivity index (χ1) is 7.37. The summed E-state index contributed by atoms with van der Waals surface area (Å²) in [7, 11) is -1.69. The Hall–Kier alpha value is -0.170.